The van der Waals surface area contributed by atoms with Gasteiger partial charge in [-0.1, -0.05) is 35.2 Å². The fraction of sp³-hybridized carbons (Fsp3) is 0.625. The van der Waals surface area contributed by atoms with Crippen molar-refractivity contribution in [3.05, 3.63) is 16.1 Å². The lowest BCUT2D eigenvalue weighted by Gasteiger charge is -2.38. The van der Waals surface area contributed by atoms with Gasteiger partial charge >= 0.3 is 0 Å². The van der Waals surface area contributed by atoms with E-state index in [4.69, 9.17) is 19.9 Å². The topological polar surface area (TPSA) is 53.7 Å². The second-order valence-corrected chi connectivity index (χ2v) is 6.40. The van der Waals surface area contributed by atoms with Crippen LogP contribution in [0.1, 0.15) is 37.7 Å². The molecule has 0 saturated heterocycles. The van der Waals surface area contributed by atoms with E-state index in [0.29, 0.717) is 18.0 Å². The molecule has 2 rings (SSSR count). The second-order valence-electron chi connectivity index (χ2n) is 5.55. The van der Waals surface area contributed by atoms with Crippen LogP contribution >= 0.6 is 15.9 Å². The molecule has 1 aromatic rings. The lowest BCUT2D eigenvalue weighted by Crippen LogP contribution is -2.38. The summed E-state index contributed by atoms with van der Waals surface area (Å²) >= 11 is 3.68. The van der Waals surface area contributed by atoms with E-state index in [9.17, 15) is 0 Å². The summed E-state index contributed by atoms with van der Waals surface area (Å²) in [6, 6.07) is 1.95. The first-order chi connectivity index (χ1) is 10.1. The van der Waals surface area contributed by atoms with E-state index >= 15 is 0 Å². The highest BCUT2D eigenvalue weighted by Gasteiger charge is 2.38. The van der Waals surface area contributed by atoms with Crippen molar-refractivity contribution in [3.8, 4) is 17.2 Å². The van der Waals surface area contributed by atoms with E-state index in [1.807, 2.05) is 6.07 Å². The Kier molecular flexibility index (Phi) is 5.38. The number of ether oxygens (including phenoxy) is 3. The molecule has 0 spiro atoms. The summed E-state index contributed by atoms with van der Waals surface area (Å²) in [5.74, 6) is 2.03. The zero-order valence-corrected chi connectivity index (χ0v) is 14.6. The summed E-state index contributed by atoms with van der Waals surface area (Å²) in [6.45, 7) is 0.609. The highest BCUT2D eigenvalue weighted by Crippen LogP contribution is 2.52. The van der Waals surface area contributed by atoms with Crippen molar-refractivity contribution in [2.45, 2.75) is 37.5 Å². The number of benzene rings is 1. The largest absolute Gasteiger partial charge is 0.493 e. The lowest BCUT2D eigenvalue weighted by molar-refractivity contribution is 0.275. The zero-order valence-electron chi connectivity index (χ0n) is 13.0. The molecule has 21 heavy (non-hydrogen) atoms. The van der Waals surface area contributed by atoms with Crippen molar-refractivity contribution in [2.24, 2.45) is 5.73 Å². The van der Waals surface area contributed by atoms with Gasteiger partial charge in [0.15, 0.2) is 11.5 Å². The maximum absolute atomic E-state index is 6.18. The first-order valence-electron chi connectivity index (χ1n) is 7.32. The minimum atomic E-state index is -0.0536. The Balaban J connectivity index is 2.66. The van der Waals surface area contributed by atoms with Gasteiger partial charge < -0.3 is 19.9 Å². The Labute approximate surface area is 135 Å². The molecule has 0 aliphatic heterocycles. The molecular formula is C16H24BrNO3. The molecule has 0 aromatic heterocycles. The molecule has 1 aromatic carbocycles. The van der Waals surface area contributed by atoms with Crippen molar-refractivity contribution in [2.75, 3.05) is 27.9 Å². The van der Waals surface area contributed by atoms with Gasteiger partial charge in [0, 0.05) is 22.0 Å². The summed E-state index contributed by atoms with van der Waals surface area (Å²) in [5.41, 5.74) is 7.24. The summed E-state index contributed by atoms with van der Waals surface area (Å²) in [6.07, 6.45) is 5.82. The van der Waals surface area contributed by atoms with Crippen LogP contribution in [0.2, 0.25) is 0 Å². The van der Waals surface area contributed by atoms with Crippen LogP contribution in [0.3, 0.4) is 0 Å². The van der Waals surface area contributed by atoms with Crippen LogP contribution in [0.5, 0.6) is 17.2 Å². The molecular weight excluding hydrogens is 334 g/mol. The van der Waals surface area contributed by atoms with Gasteiger partial charge in [-0.05, 0) is 18.9 Å². The molecule has 118 valence electrons. The van der Waals surface area contributed by atoms with Crippen LogP contribution in [0, 0.1) is 0 Å². The predicted molar refractivity (Wildman–Crippen MR) is 87.6 cm³/mol. The average Bonchev–Trinajstić information content (AvgIpc) is 2.54. The predicted octanol–water partition coefficient (Wildman–Crippen LogP) is 3.64. The number of methoxy groups -OCH3 is 3. The Morgan fingerprint density at radius 2 is 1.67 bits per heavy atom. The van der Waals surface area contributed by atoms with Gasteiger partial charge in [0.1, 0.15) is 0 Å². The van der Waals surface area contributed by atoms with E-state index in [2.05, 4.69) is 15.9 Å². The Bertz CT molecular complexity index is 499. The summed E-state index contributed by atoms with van der Waals surface area (Å²) in [4.78, 5) is 0. The lowest BCUT2D eigenvalue weighted by atomic mass is 9.69. The Morgan fingerprint density at radius 1 is 1.05 bits per heavy atom. The van der Waals surface area contributed by atoms with Crippen LogP contribution in [0.25, 0.3) is 0 Å². The first-order valence-corrected chi connectivity index (χ1v) is 8.12. The van der Waals surface area contributed by atoms with Crippen molar-refractivity contribution in [1.82, 2.24) is 0 Å². The molecule has 0 bridgehead atoms. The van der Waals surface area contributed by atoms with Crippen LogP contribution in [0.4, 0.5) is 0 Å². The second kappa shape index (κ2) is 6.88. The summed E-state index contributed by atoms with van der Waals surface area (Å²) < 4.78 is 17.6. The normalized spacial score (nSPS) is 17.4. The minimum absolute atomic E-state index is 0.0536. The molecule has 1 aliphatic carbocycles. The average molecular weight is 358 g/mol. The smallest absolute Gasteiger partial charge is 0.203 e. The quantitative estimate of drug-likeness (QED) is 0.873. The van der Waals surface area contributed by atoms with Gasteiger partial charge in [-0.25, -0.2) is 0 Å². The van der Waals surface area contributed by atoms with Gasteiger partial charge in [0.25, 0.3) is 0 Å². The van der Waals surface area contributed by atoms with E-state index in [1.165, 1.54) is 19.3 Å². The SMILES string of the molecule is COc1cc(Br)c(C2(CN)CCCCC2)c(OC)c1OC. The molecule has 0 radical (unpaired) electrons. The molecule has 0 amide bonds. The maximum atomic E-state index is 6.18. The van der Waals surface area contributed by atoms with Gasteiger partial charge in [-0.15, -0.1) is 0 Å². The van der Waals surface area contributed by atoms with Gasteiger partial charge in [0.2, 0.25) is 5.75 Å². The number of rotatable bonds is 5. The third-order valence-electron chi connectivity index (χ3n) is 4.51. The van der Waals surface area contributed by atoms with Crippen LogP contribution in [-0.2, 0) is 5.41 Å². The maximum Gasteiger partial charge on any atom is 0.203 e. The summed E-state index contributed by atoms with van der Waals surface area (Å²) in [5, 5.41) is 0. The molecule has 5 heteroatoms. The van der Waals surface area contributed by atoms with Crippen LogP contribution in [0.15, 0.2) is 10.5 Å². The van der Waals surface area contributed by atoms with Crippen LogP contribution in [-0.4, -0.2) is 27.9 Å². The molecule has 0 unspecified atom stereocenters. The van der Waals surface area contributed by atoms with E-state index in [0.717, 1.165) is 28.6 Å². The molecule has 1 fully saturated rings. The van der Waals surface area contributed by atoms with Gasteiger partial charge in [-0.3, -0.25) is 0 Å². The van der Waals surface area contributed by atoms with Crippen molar-refractivity contribution >= 4 is 15.9 Å². The monoisotopic (exact) mass is 357 g/mol. The van der Waals surface area contributed by atoms with Crippen molar-refractivity contribution < 1.29 is 14.2 Å². The van der Waals surface area contributed by atoms with Gasteiger partial charge in [-0.2, -0.15) is 0 Å². The Hall–Kier alpha value is -0.940. The first kappa shape index (κ1) is 16.4. The minimum Gasteiger partial charge on any atom is -0.493 e. The number of hydrogen-bond donors (Lipinski definition) is 1. The fourth-order valence-electron chi connectivity index (χ4n) is 3.41. The standard InChI is InChI=1S/C16H24BrNO3/c1-19-12-9-11(17)13(15(21-3)14(12)20-2)16(10-18)7-5-4-6-8-16/h9H,4-8,10,18H2,1-3H3. The fourth-order valence-corrected chi connectivity index (χ4v) is 4.21. The Morgan fingerprint density at radius 3 is 2.14 bits per heavy atom. The van der Waals surface area contributed by atoms with Crippen molar-refractivity contribution in [1.29, 1.82) is 0 Å². The third-order valence-corrected chi connectivity index (χ3v) is 5.14. The number of nitrogens with two attached hydrogens (primary N) is 1. The molecule has 1 aliphatic rings. The molecule has 0 atom stereocenters. The molecule has 0 heterocycles. The van der Waals surface area contributed by atoms with Crippen LogP contribution < -0.4 is 19.9 Å². The highest BCUT2D eigenvalue weighted by molar-refractivity contribution is 9.10. The zero-order chi connectivity index (χ0) is 15.5. The molecule has 4 nitrogen and oxygen atoms in total. The van der Waals surface area contributed by atoms with E-state index < -0.39 is 0 Å². The number of halogens is 1. The molecule has 2 N–H and O–H groups in total. The van der Waals surface area contributed by atoms with E-state index in [1.54, 1.807) is 21.3 Å². The number of hydrogen-bond acceptors (Lipinski definition) is 4. The van der Waals surface area contributed by atoms with E-state index in [-0.39, 0.29) is 5.41 Å². The molecule has 1 saturated carbocycles. The van der Waals surface area contributed by atoms with Gasteiger partial charge in [0.05, 0.1) is 21.3 Å². The highest BCUT2D eigenvalue weighted by atomic mass is 79.9. The third kappa shape index (κ3) is 2.86. The summed E-state index contributed by atoms with van der Waals surface area (Å²) in [7, 11) is 4.93. The van der Waals surface area contributed by atoms with Crippen molar-refractivity contribution in [3.63, 3.8) is 0 Å².